The molecule has 0 radical (unpaired) electrons. The van der Waals surface area contributed by atoms with E-state index in [0.29, 0.717) is 28.8 Å². The fraction of sp³-hybridized carbons (Fsp3) is 0.368. The summed E-state index contributed by atoms with van der Waals surface area (Å²) < 4.78 is 11.4. The van der Waals surface area contributed by atoms with Gasteiger partial charge in [0.25, 0.3) is 0 Å². The number of carbonyl (C=O) groups is 1. The molecule has 138 valence electrons. The van der Waals surface area contributed by atoms with Crippen molar-refractivity contribution >= 4 is 22.8 Å². The topological polar surface area (TPSA) is 102 Å². The van der Waals surface area contributed by atoms with Crippen LogP contribution in [0.2, 0.25) is 0 Å². The average molecular weight is 365 g/mol. The molecule has 0 aromatic carbocycles. The second-order valence-electron chi connectivity index (χ2n) is 6.94. The van der Waals surface area contributed by atoms with Gasteiger partial charge < -0.3 is 19.8 Å². The molecule has 27 heavy (non-hydrogen) atoms. The zero-order valence-corrected chi connectivity index (χ0v) is 14.9. The summed E-state index contributed by atoms with van der Waals surface area (Å²) in [6.07, 6.45) is 7.47. The molecule has 3 aromatic rings. The van der Waals surface area contributed by atoms with Crippen molar-refractivity contribution in [1.82, 2.24) is 19.9 Å². The average Bonchev–Trinajstić information content (AvgIpc) is 3.60. The second kappa shape index (κ2) is 6.22. The maximum atomic E-state index is 12.0. The monoisotopic (exact) mass is 365 g/mol. The summed E-state index contributed by atoms with van der Waals surface area (Å²) in [7, 11) is 1.57. The van der Waals surface area contributed by atoms with Crippen LogP contribution in [0.1, 0.15) is 25.7 Å². The normalized spacial score (nSPS) is 16.3. The zero-order valence-electron chi connectivity index (χ0n) is 14.9. The quantitative estimate of drug-likeness (QED) is 0.696. The van der Waals surface area contributed by atoms with Crippen molar-refractivity contribution in [2.75, 3.05) is 12.4 Å². The molecule has 8 nitrogen and oxygen atoms in total. The van der Waals surface area contributed by atoms with Gasteiger partial charge in [0.05, 0.1) is 7.11 Å². The lowest BCUT2D eigenvalue weighted by atomic mass is 10.1. The van der Waals surface area contributed by atoms with E-state index in [-0.39, 0.29) is 17.9 Å². The molecule has 0 aliphatic heterocycles. The number of aromatic nitrogens is 4. The lowest BCUT2D eigenvalue weighted by Crippen LogP contribution is -2.14. The maximum absolute atomic E-state index is 12.0. The molecule has 2 N–H and O–H groups in total. The van der Waals surface area contributed by atoms with Crippen LogP contribution in [-0.4, -0.2) is 39.1 Å². The smallest absolute Gasteiger partial charge is 0.228 e. The van der Waals surface area contributed by atoms with Crippen molar-refractivity contribution in [3.63, 3.8) is 0 Å². The molecule has 0 unspecified atom stereocenters. The number of anilines is 1. The Balaban J connectivity index is 1.54. The highest BCUT2D eigenvalue weighted by Gasteiger charge is 2.30. The predicted octanol–water partition coefficient (Wildman–Crippen LogP) is 2.92. The number of H-pyrrole nitrogens is 1. The van der Waals surface area contributed by atoms with E-state index in [1.807, 2.05) is 12.3 Å². The Morgan fingerprint density at radius 3 is 2.74 bits per heavy atom. The first-order chi connectivity index (χ1) is 13.2. The molecule has 1 amide bonds. The number of nitrogens with one attached hydrogen (secondary N) is 2. The maximum Gasteiger partial charge on any atom is 0.228 e. The van der Waals surface area contributed by atoms with Crippen LogP contribution in [0.5, 0.6) is 11.8 Å². The first kappa shape index (κ1) is 16.0. The number of hydrogen-bond acceptors (Lipinski definition) is 6. The molecule has 3 aromatic heterocycles. The first-order valence-corrected chi connectivity index (χ1v) is 9.08. The van der Waals surface area contributed by atoms with E-state index in [1.54, 1.807) is 13.2 Å². The summed E-state index contributed by atoms with van der Waals surface area (Å²) >= 11 is 0. The third-order valence-electron chi connectivity index (χ3n) is 4.78. The largest absolute Gasteiger partial charge is 0.480 e. The highest BCUT2D eigenvalue weighted by Crippen LogP contribution is 2.41. The number of ether oxygens (including phenoxy) is 2. The number of methoxy groups -OCH3 is 1. The van der Waals surface area contributed by atoms with Crippen molar-refractivity contribution in [1.29, 1.82) is 0 Å². The number of hydrogen-bond donors (Lipinski definition) is 2. The van der Waals surface area contributed by atoms with Gasteiger partial charge >= 0.3 is 0 Å². The fourth-order valence-corrected chi connectivity index (χ4v) is 3.03. The molecule has 0 atom stereocenters. The Hall–Kier alpha value is -3.16. The van der Waals surface area contributed by atoms with Gasteiger partial charge in [-0.05, 0) is 37.8 Å². The SMILES string of the molecule is COc1ncnc(OC2CC2)c1-c1c[nH]c2nc(NC(=O)C3CC3)ccc12. The molecular weight excluding hydrogens is 346 g/mol. The van der Waals surface area contributed by atoms with Gasteiger partial charge in [-0.15, -0.1) is 0 Å². The van der Waals surface area contributed by atoms with E-state index in [9.17, 15) is 4.79 Å². The minimum atomic E-state index is 0.0341. The van der Waals surface area contributed by atoms with Gasteiger partial charge in [-0.25, -0.2) is 15.0 Å². The van der Waals surface area contributed by atoms with Gasteiger partial charge in [0.15, 0.2) is 0 Å². The molecular formula is C19H19N5O3. The van der Waals surface area contributed by atoms with Crippen LogP contribution in [0, 0.1) is 5.92 Å². The van der Waals surface area contributed by atoms with Crippen molar-refractivity contribution in [3.05, 3.63) is 24.7 Å². The Bertz CT molecular complexity index is 1020. The molecule has 2 aliphatic rings. The molecule has 0 saturated heterocycles. The van der Waals surface area contributed by atoms with Crippen LogP contribution < -0.4 is 14.8 Å². The number of fused-ring (bicyclic) bond motifs is 1. The van der Waals surface area contributed by atoms with E-state index in [1.165, 1.54) is 6.33 Å². The Kier molecular flexibility index (Phi) is 3.70. The zero-order chi connectivity index (χ0) is 18.4. The van der Waals surface area contributed by atoms with Gasteiger partial charge in [0, 0.05) is 23.1 Å². The minimum absolute atomic E-state index is 0.0341. The van der Waals surface area contributed by atoms with Crippen molar-refractivity contribution in [2.45, 2.75) is 31.8 Å². The summed E-state index contributed by atoms with van der Waals surface area (Å²) in [5.74, 6) is 1.67. The van der Waals surface area contributed by atoms with E-state index in [4.69, 9.17) is 9.47 Å². The lowest BCUT2D eigenvalue weighted by molar-refractivity contribution is -0.117. The Morgan fingerprint density at radius 1 is 1.19 bits per heavy atom. The number of nitrogens with zero attached hydrogens (tertiary/aromatic N) is 3. The number of aromatic amines is 1. The molecule has 2 aliphatic carbocycles. The number of amides is 1. The number of rotatable bonds is 6. The van der Waals surface area contributed by atoms with Crippen LogP contribution >= 0.6 is 0 Å². The van der Waals surface area contributed by atoms with Crippen molar-refractivity contribution < 1.29 is 14.3 Å². The van der Waals surface area contributed by atoms with Gasteiger partial charge in [0.1, 0.15) is 29.5 Å². The molecule has 8 heteroatoms. The van der Waals surface area contributed by atoms with E-state index in [0.717, 1.165) is 36.6 Å². The molecule has 2 fully saturated rings. The summed E-state index contributed by atoms with van der Waals surface area (Å²) in [5.41, 5.74) is 2.22. The van der Waals surface area contributed by atoms with Crippen molar-refractivity contribution in [2.24, 2.45) is 5.92 Å². The van der Waals surface area contributed by atoms with Crippen LogP contribution in [0.4, 0.5) is 5.82 Å². The first-order valence-electron chi connectivity index (χ1n) is 9.08. The predicted molar refractivity (Wildman–Crippen MR) is 98.7 cm³/mol. The minimum Gasteiger partial charge on any atom is -0.480 e. The molecule has 0 bridgehead atoms. The van der Waals surface area contributed by atoms with Crippen LogP contribution in [0.3, 0.4) is 0 Å². The highest BCUT2D eigenvalue weighted by molar-refractivity contribution is 5.98. The third kappa shape index (κ3) is 3.07. The van der Waals surface area contributed by atoms with E-state index >= 15 is 0 Å². The van der Waals surface area contributed by atoms with Crippen LogP contribution in [0.15, 0.2) is 24.7 Å². The fourth-order valence-electron chi connectivity index (χ4n) is 3.03. The number of carbonyl (C=O) groups excluding carboxylic acids is 1. The molecule has 0 spiro atoms. The van der Waals surface area contributed by atoms with Gasteiger partial charge in [-0.1, -0.05) is 0 Å². The third-order valence-corrected chi connectivity index (χ3v) is 4.78. The second-order valence-corrected chi connectivity index (χ2v) is 6.94. The number of pyridine rings is 1. The van der Waals surface area contributed by atoms with Crippen LogP contribution in [-0.2, 0) is 4.79 Å². The van der Waals surface area contributed by atoms with Gasteiger partial charge in [-0.2, -0.15) is 0 Å². The Labute approximate surface area is 155 Å². The molecule has 3 heterocycles. The van der Waals surface area contributed by atoms with E-state index in [2.05, 4.69) is 25.3 Å². The standard InChI is InChI=1S/C19H19N5O3/c1-26-18-15(19(22-9-21-18)27-11-4-5-11)13-8-20-16-12(13)6-7-14(23-16)24-17(25)10-2-3-10/h6-11H,2-5H2,1H3,(H2,20,23,24,25). The molecule has 5 rings (SSSR count). The van der Waals surface area contributed by atoms with Crippen molar-refractivity contribution in [3.8, 4) is 22.9 Å². The molecule has 2 saturated carbocycles. The van der Waals surface area contributed by atoms with Gasteiger partial charge in [-0.3, -0.25) is 4.79 Å². The lowest BCUT2D eigenvalue weighted by Gasteiger charge is -2.12. The van der Waals surface area contributed by atoms with Crippen LogP contribution in [0.25, 0.3) is 22.2 Å². The van der Waals surface area contributed by atoms with Gasteiger partial charge in [0.2, 0.25) is 17.7 Å². The summed E-state index contributed by atoms with van der Waals surface area (Å²) in [6.45, 7) is 0. The summed E-state index contributed by atoms with van der Waals surface area (Å²) in [5, 5.41) is 3.75. The Morgan fingerprint density at radius 2 is 2.00 bits per heavy atom. The van der Waals surface area contributed by atoms with E-state index < -0.39 is 0 Å². The highest BCUT2D eigenvalue weighted by atomic mass is 16.5. The summed E-state index contributed by atoms with van der Waals surface area (Å²) in [6, 6.07) is 3.72. The summed E-state index contributed by atoms with van der Waals surface area (Å²) in [4.78, 5) is 28.2.